The second-order valence-electron chi connectivity index (χ2n) is 3.53. The van der Waals surface area contributed by atoms with E-state index >= 15 is 0 Å². The molecule has 3 heteroatoms. The van der Waals surface area contributed by atoms with E-state index in [-0.39, 0.29) is 12.3 Å². The Morgan fingerprint density at radius 3 is 2.82 bits per heavy atom. The topological polar surface area (TPSA) is 41.5 Å². The Bertz CT molecular complexity index is 125. The number of hydrogen-bond acceptors (Lipinski definition) is 3. The number of nitrogens with one attached hydrogen (secondary N) is 1. The summed E-state index contributed by atoms with van der Waals surface area (Å²) in [6, 6.07) is 0.428. The molecule has 1 saturated heterocycles. The van der Waals surface area contributed by atoms with Crippen LogP contribution in [0.4, 0.5) is 0 Å². The van der Waals surface area contributed by atoms with E-state index in [1.807, 2.05) is 13.8 Å². The summed E-state index contributed by atoms with van der Waals surface area (Å²) < 4.78 is 5.46. The zero-order valence-corrected chi connectivity index (χ0v) is 7.26. The van der Waals surface area contributed by atoms with Crippen molar-refractivity contribution in [3.8, 4) is 0 Å². The quantitative estimate of drug-likeness (QED) is 0.629. The van der Waals surface area contributed by atoms with Gasteiger partial charge in [0.1, 0.15) is 5.72 Å². The standard InChI is InChI=1S/C8H17NO2/c1-8(2)9-7(6-11-8)4-3-5-10/h7,9-10H,3-6H2,1-2H3. The first-order valence-electron chi connectivity index (χ1n) is 4.16. The highest BCUT2D eigenvalue weighted by molar-refractivity contribution is 4.81. The van der Waals surface area contributed by atoms with Crippen LogP contribution in [0.1, 0.15) is 26.7 Å². The fraction of sp³-hybridized carbons (Fsp3) is 1.00. The maximum Gasteiger partial charge on any atom is 0.113 e. The number of hydrogen-bond donors (Lipinski definition) is 2. The molecule has 66 valence electrons. The molecule has 0 amide bonds. The Labute approximate surface area is 67.7 Å². The smallest absolute Gasteiger partial charge is 0.113 e. The van der Waals surface area contributed by atoms with Crippen LogP contribution < -0.4 is 5.32 Å². The van der Waals surface area contributed by atoms with Gasteiger partial charge >= 0.3 is 0 Å². The summed E-state index contributed by atoms with van der Waals surface area (Å²) in [5.74, 6) is 0. The average molecular weight is 159 g/mol. The maximum absolute atomic E-state index is 8.59. The lowest BCUT2D eigenvalue weighted by atomic mass is 10.2. The van der Waals surface area contributed by atoms with E-state index in [1.54, 1.807) is 0 Å². The third-order valence-corrected chi connectivity index (χ3v) is 1.91. The van der Waals surface area contributed by atoms with Crippen molar-refractivity contribution >= 4 is 0 Å². The van der Waals surface area contributed by atoms with Gasteiger partial charge in [0, 0.05) is 12.6 Å². The van der Waals surface area contributed by atoms with Crippen molar-refractivity contribution in [2.24, 2.45) is 0 Å². The van der Waals surface area contributed by atoms with E-state index in [0.717, 1.165) is 19.4 Å². The third kappa shape index (κ3) is 2.77. The fourth-order valence-electron chi connectivity index (χ4n) is 1.38. The predicted molar refractivity (Wildman–Crippen MR) is 43.3 cm³/mol. The van der Waals surface area contributed by atoms with Gasteiger partial charge in [-0.15, -0.1) is 0 Å². The van der Waals surface area contributed by atoms with Crippen LogP contribution in [-0.2, 0) is 4.74 Å². The summed E-state index contributed by atoms with van der Waals surface area (Å²) in [6.07, 6.45) is 1.86. The van der Waals surface area contributed by atoms with Gasteiger partial charge in [-0.2, -0.15) is 0 Å². The molecule has 0 radical (unpaired) electrons. The summed E-state index contributed by atoms with van der Waals surface area (Å²) in [7, 11) is 0. The highest BCUT2D eigenvalue weighted by atomic mass is 16.5. The van der Waals surface area contributed by atoms with Crippen LogP contribution in [0, 0.1) is 0 Å². The summed E-state index contributed by atoms with van der Waals surface area (Å²) in [5.41, 5.74) is -0.167. The van der Waals surface area contributed by atoms with E-state index in [0.29, 0.717) is 6.04 Å². The molecule has 1 fully saturated rings. The van der Waals surface area contributed by atoms with Crippen LogP contribution in [0.15, 0.2) is 0 Å². The third-order valence-electron chi connectivity index (χ3n) is 1.91. The second kappa shape index (κ2) is 3.52. The Morgan fingerprint density at radius 2 is 2.36 bits per heavy atom. The maximum atomic E-state index is 8.59. The zero-order valence-electron chi connectivity index (χ0n) is 7.26. The largest absolute Gasteiger partial charge is 0.396 e. The van der Waals surface area contributed by atoms with Crippen molar-refractivity contribution in [2.45, 2.75) is 38.5 Å². The monoisotopic (exact) mass is 159 g/mol. The molecule has 11 heavy (non-hydrogen) atoms. The van der Waals surface area contributed by atoms with E-state index < -0.39 is 0 Å². The van der Waals surface area contributed by atoms with Gasteiger partial charge in [0.2, 0.25) is 0 Å². The SMILES string of the molecule is CC1(C)NC(CCCO)CO1. The molecule has 1 aliphatic rings. The van der Waals surface area contributed by atoms with Gasteiger partial charge in [-0.25, -0.2) is 0 Å². The van der Waals surface area contributed by atoms with Crippen LogP contribution in [0.2, 0.25) is 0 Å². The lowest BCUT2D eigenvalue weighted by Crippen LogP contribution is -2.38. The van der Waals surface area contributed by atoms with Gasteiger partial charge in [-0.3, -0.25) is 5.32 Å². The fourth-order valence-corrected chi connectivity index (χ4v) is 1.38. The van der Waals surface area contributed by atoms with E-state index in [9.17, 15) is 0 Å². The Balaban J connectivity index is 2.20. The van der Waals surface area contributed by atoms with Crippen LogP contribution >= 0.6 is 0 Å². The van der Waals surface area contributed by atoms with Gasteiger partial charge in [0.05, 0.1) is 6.61 Å². The lowest BCUT2D eigenvalue weighted by Gasteiger charge is -2.17. The molecular weight excluding hydrogens is 142 g/mol. The van der Waals surface area contributed by atoms with E-state index in [1.165, 1.54) is 0 Å². The highest BCUT2D eigenvalue weighted by Gasteiger charge is 2.29. The zero-order chi connectivity index (χ0) is 8.32. The molecular formula is C8H17NO2. The minimum absolute atomic E-state index is 0.167. The first-order valence-corrected chi connectivity index (χ1v) is 4.16. The number of ether oxygens (including phenoxy) is 1. The Kier molecular flexibility index (Phi) is 2.87. The predicted octanol–water partition coefficient (Wildman–Crippen LogP) is 0.483. The molecule has 0 aromatic heterocycles. The number of rotatable bonds is 3. The molecule has 1 unspecified atom stereocenters. The molecule has 1 rings (SSSR count). The van der Waals surface area contributed by atoms with Gasteiger partial charge in [-0.05, 0) is 26.7 Å². The van der Waals surface area contributed by atoms with Gasteiger partial charge in [0.15, 0.2) is 0 Å². The first kappa shape index (κ1) is 8.97. The highest BCUT2D eigenvalue weighted by Crippen LogP contribution is 2.16. The average Bonchev–Trinajstić information content (AvgIpc) is 2.26. The van der Waals surface area contributed by atoms with Crippen molar-refractivity contribution in [1.29, 1.82) is 0 Å². The Hall–Kier alpha value is -0.120. The van der Waals surface area contributed by atoms with Crippen LogP contribution in [0.25, 0.3) is 0 Å². The molecule has 0 spiro atoms. The molecule has 1 heterocycles. The molecule has 0 aliphatic carbocycles. The molecule has 0 aromatic carbocycles. The van der Waals surface area contributed by atoms with Gasteiger partial charge in [0.25, 0.3) is 0 Å². The molecule has 1 atom stereocenters. The Morgan fingerprint density at radius 1 is 1.64 bits per heavy atom. The van der Waals surface area contributed by atoms with Crippen molar-refractivity contribution in [2.75, 3.05) is 13.2 Å². The van der Waals surface area contributed by atoms with Gasteiger partial charge < -0.3 is 9.84 Å². The number of aliphatic hydroxyl groups excluding tert-OH is 1. The van der Waals surface area contributed by atoms with Crippen molar-refractivity contribution in [3.63, 3.8) is 0 Å². The minimum atomic E-state index is -0.167. The van der Waals surface area contributed by atoms with Crippen LogP contribution in [-0.4, -0.2) is 30.1 Å². The van der Waals surface area contributed by atoms with Gasteiger partial charge in [-0.1, -0.05) is 0 Å². The second-order valence-corrected chi connectivity index (χ2v) is 3.53. The molecule has 0 aromatic rings. The van der Waals surface area contributed by atoms with E-state index in [2.05, 4.69) is 5.32 Å². The molecule has 1 aliphatic heterocycles. The summed E-state index contributed by atoms with van der Waals surface area (Å²) >= 11 is 0. The summed E-state index contributed by atoms with van der Waals surface area (Å²) in [6.45, 7) is 5.09. The van der Waals surface area contributed by atoms with Crippen molar-refractivity contribution < 1.29 is 9.84 Å². The normalized spacial score (nSPS) is 29.2. The van der Waals surface area contributed by atoms with Crippen LogP contribution in [0.5, 0.6) is 0 Å². The van der Waals surface area contributed by atoms with Crippen molar-refractivity contribution in [1.82, 2.24) is 5.32 Å². The van der Waals surface area contributed by atoms with E-state index in [4.69, 9.17) is 9.84 Å². The van der Waals surface area contributed by atoms with Crippen LogP contribution in [0.3, 0.4) is 0 Å². The lowest BCUT2D eigenvalue weighted by molar-refractivity contribution is 0.0231. The summed E-state index contributed by atoms with van der Waals surface area (Å²) in [4.78, 5) is 0. The number of aliphatic hydroxyl groups is 1. The summed E-state index contributed by atoms with van der Waals surface area (Å²) in [5, 5.41) is 11.9. The molecule has 0 bridgehead atoms. The molecule has 0 saturated carbocycles. The first-order chi connectivity index (χ1) is 5.14. The van der Waals surface area contributed by atoms with Crippen molar-refractivity contribution in [3.05, 3.63) is 0 Å². The molecule has 3 nitrogen and oxygen atoms in total. The minimum Gasteiger partial charge on any atom is -0.396 e. The molecule has 2 N–H and O–H groups in total.